The Balaban J connectivity index is 2.68. The molecular weight excluding hydrogens is 327 g/mol. The van der Waals surface area contributed by atoms with Crippen molar-refractivity contribution in [3.8, 4) is 0 Å². The fourth-order valence-corrected chi connectivity index (χ4v) is 4.04. The summed E-state index contributed by atoms with van der Waals surface area (Å²) in [6.07, 6.45) is 3.74. The Morgan fingerprint density at radius 3 is 2.46 bits per heavy atom. The molecule has 24 heavy (non-hydrogen) atoms. The second-order valence-corrected chi connectivity index (χ2v) is 7.86. The Labute approximate surface area is 145 Å². The van der Waals surface area contributed by atoms with Crippen LogP contribution in [0.1, 0.15) is 32.1 Å². The number of nitrogens with one attached hydrogen (secondary N) is 2. The molecule has 0 aliphatic carbocycles. The van der Waals surface area contributed by atoms with Gasteiger partial charge in [-0.1, -0.05) is 37.5 Å². The van der Waals surface area contributed by atoms with E-state index in [0.717, 1.165) is 32.2 Å². The predicted octanol–water partition coefficient (Wildman–Crippen LogP) is 1.27. The van der Waals surface area contributed by atoms with Crippen molar-refractivity contribution < 1.29 is 17.9 Å². The van der Waals surface area contributed by atoms with Crippen LogP contribution in [-0.2, 0) is 14.6 Å². The Hall–Kier alpha value is -1.54. The lowest BCUT2D eigenvalue weighted by atomic mass is 10.1. The normalized spacial score (nSPS) is 12.5. The lowest BCUT2D eigenvalue weighted by Gasteiger charge is -2.18. The summed E-state index contributed by atoms with van der Waals surface area (Å²) < 4.78 is 30.6. The van der Waals surface area contributed by atoms with Gasteiger partial charge in [0.25, 0.3) is 0 Å². The SMILES string of the molecule is BNC(=O)OCC(CCCCCCNC)S(=O)(=O)c1ccccc1. The first-order valence-corrected chi connectivity index (χ1v) is 9.85. The predicted molar refractivity (Wildman–Crippen MR) is 97.5 cm³/mol. The molecule has 6 nitrogen and oxygen atoms in total. The highest BCUT2D eigenvalue weighted by atomic mass is 32.2. The minimum absolute atomic E-state index is 0.132. The molecule has 2 N–H and O–H groups in total. The smallest absolute Gasteiger partial charge is 0.394 e. The molecule has 0 aliphatic heterocycles. The van der Waals surface area contributed by atoms with E-state index in [1.165, 1.54) is 7.98 Å². The highest BCUT2D eigenvalue weighted by molar-refractivity contribution is 7.92. The van der Waals surface area contributed by atoms with E-state index in [1.54, 1.807) is 30.3 Å². The first kappa shape index (κ1) is 20.5. The number of rotatable bonds is 11. The zero-order valence-electron chi connectivity index (χ0n) is 14.5. The number of benzene rings is 1. The summed E-state index contributed by atoms with van der Waals surface area (Å²) in [5, 5.41) is 4.71. The van der Waals surface area contributed by atoms with E-state index in [-0.39, 0.29) is 11.5 Å². The van der Waals surface area contributed by atoms with Gasteiger partial charge in [-0.05, 0) is 38.6 Å². The Morgan fingerprint density at radius 1 is 1.17 bits per heavy atom. The lowest BCUT2D eigenvalue weighted by molar-refractivity contribution is 0.151. The molecule has 0 fully saturated rings. The first-order chi connectivity index (χ1) is 11.5. The van der Waals surface area contributed by atoms with Gasteiger partial charge in [0.1, 0.15) is 11.9 Å². The molecule has 1 aromatic carbocycles. The highest BCUT2D eigenvalue weighted by Crippen LogP contribution is 2.21. The van der Waals surface area contributed by atoms with Crippen LogP contribution in [0.25, 0.3) is 0 Å². The van der Waals surface area contributed by atoms with Crippen molar-refractivity contribution in [3.63, 3.8) is 0 Å². The number of carbonyl (C=O) groups is 1. The van der Waals surface area contributed by atoms with Gasteiger partial charge >= 0.3 is 6.09 Å². The van der Waals surface area contributed by atoms with Crippen molar-refractivity contribution in [1.29, 1.82) is 0 Å². The molecule has 0 saturated carbocycles. The molecule has 8 heteroatoms. The third kappa shape index (κ3) is 6.92. The maximum Gasteiger partial charge on any atom is 0.394 e. The summed E-state index contributed by atoms with van der Waals surface area (Å²) in [5.41, 5.74) is 0. The van der Waals surface area contributed by atoms with Crippen LogP contribution in [0, 0.1) is 0 Å². The highest BCUT2D eigenvalue weighted by Gasteiger charge is 2.28. The fourth-order valence-electron chi connectivity index (χ4n) is 2.40. The van der Waals surface area contributed by atoms with Crippen molar-refractivity contribution in [2.75, 3.05) is 20.2 Å². The maximum atomic E-state index is 12.8. The number of unbranched alkanes of at least 4 members (excludes halogenated alkanes) is 3. The standard InChI is InChI=1S/C16H27BN2O4S/c1-18-12-8-3-2-5-11-15(13-23-16(20)19-17)24(21,22)14-9-6-4-7-10-14/h4,6-7,9-10,15,18H,2-3,5,8,11-13,17H2,1H3,(H,19,20). The second-order valence-electron chi connectivity index (χ2n) is 5.63. The number of ether oxygens (including phenoxy) is 1. The summed E-state index contributed by atoms with van der Waals surface area (Å²) in [7, 11) is -0.155. The monoisotopic (exact) mass is 354 g/mol. The van der Waals surface area contributed by atoms with Gasteiger partial charge in [0.2, 0.25) is 7.98 Å². The third-order valence-electron chi connectivity index (χ3n) is 3.82. The molecule has 0 radical (unpaired) electrons. The van der Waals surface area contributed by atoms with Crippen molar-refractivity contribution in [1.82, 2.24) is 10.5 Å². The first-order valence-electron chi connectivity index (χ1n) is 8.30. The number of sulfone groups is 1. The van der Waals surface area contributed by atoms with Gasteiger partial charge in [0, 0.05) is 0 Å². The number of hydrogen-bond acceptors (Lipinski definition) is 5. The summed E-state index contributed by atoms with van der Waals surface area (Å²) in [6, 6.07) is 8.32. The van der Waals surface area contributed by atoms with E-state index >= 15 is 0 Å². The van der Waals surface area contributed by atoms with Crippen molar-refractivity contribution in [2.24, 2.45) is 0 Å². The average Bonchev–Trinajstić information content (AvgIpc) is 2.60. The quantitative estimate of drug-likeness (QED) is 0.462. The van der Waals surface area contributed by atoms with Gasteiger partial charge in [0.15, 0.2) is 9.84 Å². The third-order valence-corrected chi connectivity index (χ3v) is 6.00. The molecule has 1 aromatic rings. The average molecular weight is 354 g/mol. The molecule has 1 unspecified atom stereocenters. The fraction of sp³-hybridized carbons (Fsp3) is 0.562. The van der Waals surface area contributed by atoms with Crippen LogP contribution in [0.15, 0.2) is 35.2 Å². The summed E-state index contributed by atoms with van der Waals surface area (Å²) in [4.78, 5) is 11.6. The van der Waals surface area contributed by atoms with Gasteiger partial charge in [-0.25, -0.2) is 13.2 Å². The van der Waals surface area contributed by atoms with Crippen LogP contribution in [-0.4, -0.2) is 47.9 Å². The van der Waals surface area contributed by atoms with Crippen LogP contribution >= 0.6 is 0 Å². The zero-order valence-corrected chi connectivity index (χ0v) is 15.3. The molecule has 1 amide bonds. The summed E-state index contributed by atoms with van der Waals surface area (Å²) in [6.45, 7) is 0.832. The Bertz CT molecular complexity index is 581. The van der Waals surface area contributed by atoms with Crippen LogP contribution in [0.3, 0.4) is 0 Å². The summed E-state index contributed by atoms with van der Waals surface area (Å²) in [5.74, 6) is 0. The zero-order chi connectivity index (χ0) is 17.8. The number of amides is 1. The second kappa shape index (κ2) is 11.1. The molecule has 1 atom stereocenters. The van der Waals surface area contributed by atoms with Crippen molar-refractivity contribution in [3.05, 3.63) is 30.3 Å². The minimum atomic E-state index is -3.52. The van der Waals surface area contributed by atoms with E-state index < -0.39 is 21.2 Å². The number of carbonyl (C=O) groups excluding carboxylic acids is 1. The minimum Gasteiger partial charge on any atom is -0.449 e. The number of hydrogen-bond donors (Lipinski definition) is 2. The Morgan fingerprint density at radius 2 is 1.83 bits per heavy atom. The van der Waals surface area contributed by atoms with E-state index in [2.05, 4.69) is 10.5 Å². The van der Waals surface area contributed by atoms with E-state index in [0.29, 0.717) is 6.42 Å². The molecule has 134 valence electrons. The molecule has 0 aromatic heterocycles. The van der Waals surface area contributed by atoms with Crippen LogP contribution in [0.2, 0.25) is 0 Å². The molecule has 0 aliphatic rings. The van der Waals surface area contributed by atoms with Crippen molar-refractivity contribution >= 4 is 23.9 Å². The largest absolute Gasteiger partial charge is 0.449 e. The molecule has 0 saturated heterocycles. The van der Waals surface area contributed by atoms with Gasteiger partial charge < -0.3 is 15.3 Å². The molecular formula is C16H27BN2O4S. The molecule has 0 heterocycles. The van der Waals surface area contributed by atoms with Crippen LogP contribution < -0.4 is 10.5 Å². The topological polar surface area (TPSA) is 84.5 Å². The van der Waals surface area contributed by atoms with Gasteiger partial charge in [-0.15, -0.1) is 0 Å². The van der Waals surface area contributed by atoms with E-state index in [4.69, 9.17) is 4.74 Å². The van der Waals surface area contributed by atoms with E-state index in [1.807, 2.05) is 7.05 Å². The van der Waals surface area contributed by atoms with Gasteiger partial charge in [0.05, 0.1) is 4.90 Å². The maximum absolute atomic E-state index is 12.8. The molecule has 0 bridgehead atoms. The summed E-state index contributed by atoms with van der Waals surface area (Å²) >= 11 is 0. The molecule has 0 spiro atoms. The molecule has 1 rings (SSSR count). The van der Waals surface area contributed by atoms with Gasteiger partial charge in [-0.2, -0.15) is 0 Å². The van der Waals surface area contributed by atoms with E-state index in [9.17, 15) is 13.2 Å². The van der Waals surface area contributed by atoms with Gasteiger partial charge in [-0.3, -0.25) is 0 Å². The van der Waals surface area contributed by atoms with Crippen molar-refractivity contribution in [2.45, 2.75) is 42.2 Å². The Kier molecular flexibility index (Phi) is 9.48. The van der Waals surface area contributed by atoms with Crippen LogP contribution in [0.5, 0.6) is 0 Å². The lowest BCUT2D eigenvalue weighted by Crippen LogP contribution is -2.31. The van der Waals surface area contributed by atoms with Crippen LogP contribution in [0.4, 0.5) is 4.79 Å².